The van der Waals surface area contributed by atoms with Gasteiger partial charge in [-0.25, -0.2) is 4.98 Å². The van der Waals surface area contributed by atoms with Crippen molar-refractivity contribution in [2.45, 2.75) is 50.5 Å². The average Bonchev–Trinajstić information content (AvgIpc) is 3.29. The molecular weight excluding hydrogens is 506 g/mol. The number of H-pyrrole nitrogens is 1. The minimum atomic E-state index is -4.91. The molecule has 5 nitrogen and oxygen atoms in total. The third-order valence-corrected chi connectivity index (χ3v) is 6.15. The highest BCUT2D eigenvalue weighted by molar-refractivity contribution is 7.79. The van der Waals surface area contributed by atoms with Crippen molar-refractivity contribution in [1.29, 1.82) is 0 Å². The first kappa shape index (κ1) is 26.2. The second-order valence-electron chi connectivity index (χ2n) is 8.49. The van der Waals surface area contributed by atoms with Gasteiger partial charge < -0.3 is 4.74 Å². The molecule has 0 amide bonds. The summed E-state index contributed by atoms with van der Waals surface area (Å²) in [7, 11) is 0. The summed E-state index contributed by atoms with van der Waals surface area (Å²) in [5, 5.41) is 8.19. The molecule has 0 unspecified atom stereocenters. The molecule has 1 aliphatic rings. The lowest BCUT2D eigenvalue weighted by atomic mass is 9.92. The smallest absolute Gasteiger partial charge is 0.372 e. The van der Waals surface area contributed by atoms with E-state index in [1.54, 1.807) is 0 Å². The average molecular weight is 529 g/mol. The molecule has 192 valence electrons. The van der Waals surface area contributed by atoms with Crippen molar-refractivity contribution in [3.8, 4) is 0 Å². The lowest BCUT2D eigenvalue weighted by Crippen LogP contribution is -2.42. The number of benzene rings is 2. The third-order valence-electron chi connectivity index (χ3n) is 5.94. The fraction of sp³-hybridized carbons (Fsp3) is 0.375. The minimum absolute atomic E-state index is 0.116. The molecule has 12 heteroatoms. The molecule has 0 radical (unpaired) electrons. The lowest BCUT2D eigenvalue weighted by molar-refractivity contribution is -0.143. The number of nitrogens with zero attached hydrogens (tertiary/aromatic N) is 3. The summed E-state index contributed by atoms with van der Waals surface area (Å²) < 4.78 is 85.6. The van der Waals surface area contributed by atoms with Crippen LogP contribution in [0, 0.1) is 0 Å². The van der Waals surface area contributed by atoms with Gasteiger partial charge in [-0.05, 0) is 48.7 Å². The van der Waals surface area contributed by atoms with Crippen LogP contribution in [-0.4, -0.2) is 38.1 Å². The molecule has 2 heterocycles. The van der Waals surface area contributed by atoms with Gasteiger partial charge in [0, 0.05) is 5.37 Å². The van der Waals surface area contributed by atoms with Crippen molar-refractivity contribution in [2.24, 2.45) is 0 Å². The Morgan fingerprint density at radius 2 is 1.69 bits per heavy atom. The van der Waals surface area contributed by atoms with Gasteiger partial charge in [0.05, 0.1) is 36.4 Å². The molecule has 1 aromatic heterocycles. The van der Waals surface area contributed by atoms with Crippen LogP contribution < -0.4 is 0 Å². The van der Waals surface area contributed by atoms with Crippen molar-refractivity contribution < 1.29 is 31.1 Å². The number of rotatable bonds is 7. The topological polar surface area (TPSA) is 54.0 Å². The van der Waals surface area contributed by atoms with Crippen molar-refractivity contribution in [3.63, 3.8) is 0 Å². The van der Waals surface area contributed by atoms with Gasteiger partial charge in [-0.1, -0.05) is 42.5 Å². The maximum Gasteiger partial charge on any atom is 0.416 e. The zero-order chi connectivity index (χ0) is 25.9. The summed E-state index contributed by atoms with van der Waals surface area (Å²) >= 11 is 4.86. The predicted octanol–water partition coefficient (Wildman–Crippen LogP) is 6.11. The van der Waals surface area contributed by atoms with Crippen LogP contribution in [0.15, 0.2) is 48.5 Å². The van der Waals surface area contributed by atoms with Crippen LogP contribution in [0.3, 0.4) is 0 Å². The van der Waals surface area contributed by atoms with Crippen LogP contribution in [-0.2, 0) is 30.2 Å². The highest BCUT2D eigenvalue weighted by Crippen LogP contribution is 2.38. The molecule has 0 aliphatic carbocycles. The Hall–Kier alpha value is -2.83. The van der Waals surface area contributed by atoms with Gasteiger partial charge in [-0.3, -0.25) is 10.00 Å². The van der Waals surface area contributed by atoms with Gasteiger partial charge in [0.15, 0.2) is 5.82 Å². The first-order valence-electron chi connectivity index (χ1n) is 11.1. The van der Waals surface area contributed by atoms with E-state index < -0.39 is 36.2 Å². The normalized spacial score (nSPS) is 19.4. The second-order valence-corrected chi connectivity index (χ2v) is 8.73. The van der Waals surface area contributed by atoms with E-state index in [-0.39, 0.29) is 17.7 Å². The minimum Gasteiger partial charge on any atom is -0.372 e. The van der Waals surface area contributed by atoms with Gasteiger partial charge in [-0.15, -0.1) is 0 Å². The number of aromatic amines is 1. The summed E-state index contributed by atoms with van der Waals surface area (Å²) in [4.78, 5) is 6.41. The lowest BCUT2D eigenvalue weighted by Gasteiger charge is -2.41. The Bertz CT molecular complexity index is 1150. The SMILES string of the molecule is FC(F)(F)c1cc(CO[C@@H]2CCCN(Cc3nc(C=S)n[nH]3)[C@@H]2c2ccccc2)cc(C(F)(F)F)c1. The van der Waals surface area contributed by atoms with Gasteiger partial charge in [0.1, 0.15) is 5.82 Å². The Balaban J connectivity index is 1.59. The first-order valence-corrected chi connectivity index (χ1v) is 11.6. The number of aromatic nitrogens is 3. The highest BCUT2D eigenvalue weighted by Gasteiger charge is 2.38. The van der Waals surface area contributed by atoms with Crippen molar-refractivity contribution in [1.82, 2.24) is 20.1 Å². The maximum atomic E-state index is 13.3. The zero-order valence-corrected chi connectivity index (χ0v) is 19.6. The quantitative estimate of drug-likeness (QED) is 0.296. The Labute approximate surface area is 208 Å². The molecule has 1 fully saturated rings. The Kier molecular flexibility index (Phi) is 7.76. The standard InChI is InChI=1S/C24H22F6N4OS/c25-23(26,27)17-9-15(10-18(11-17)24(28,29)30)13-35-19-7-4-8-34(12-20-31-21(14-36)33-32-20)22(19)16-5-2-1-3-6-16/h1-3,5-6,9-11,14,19,22H,4,7-8,12-13H2,(H,31,32,33)/t19-,22-/m1/s1. The predicted molar refractivity (Wildman–Crippen MR) is 123 cm³/mol. The monoisotopic (exact) mass is 528 g/mol. The number of thiocarbonyl (C=S) groups is 1. The summed E-state index contributed by atoms with van der Waals surface area (Å²) in [6.07, 6.45) is -9.00. The fourth-order valence-corrected chi connectivity index (χ4v) is 4.49. The van der Waals surface area contributed by atoms with Gasteiger partial charge in [-0.2, -0.15) is 31.4 Å². The molecular formula is C24H22F6N4OS. The van der Waals surface area contributed by atoms with E-state index >= 15 is 0 Å². The molecule has 0 saturated carbocycles. The van der Waals surface area contributed by atoms with Crippen LogP contribution in [0.2, 0.25) is 0 Å². The number of nitrogens with one attached hydrogen (secondary N) is 1. The first-order chi connectivity index (χ1) is 17.0. The van der Waals surface area contributed by atoms with E-state index in [0.29, 0.717) is 43.3 Å². The van der Waals surface area contributed by atoms with Crippen LogP contribution in [0.25, 0.3) is 0 Å². The van der Waals surface area contributed by atoms with Gasteiger partial charge in [0.25, 0.3) is 0 Å². The molecule has 4 rings (SSSR count). The van der Waals surface area contributed by atoms with E-state index in [0.717, 1.165) is 12.0 Å². The van der Waals surface area contributed by atoms with E-state index in [1.165, 1.54) is 5.37 Å². The van der Waals surface area contributed by atoms with Crippen molar-refractivity contribution >= 4 is 17.6 Å². The van der Waals surface area contributed by atoms with Crippen molar-refractivity contribution in [2.75, 3.05) is 6.54 Å². The Morgan fingerprint density at radius 3 is 2.28 bits per heavy atom. The van der Waals surface area contributed by atoms with E-state index in [4.69, 9.17) is 17.0 Å². The number of alkyl halides is 6. The van der Waals surface area contributed by atoms with Crippen LogP contribution in [0.1, 0.15) is 52.8 Å². The molecule has 0 bridgehead atoms. The third kappa shape index (κ3) is 6.29. The van der Waals surface area contributed by atoms with Gasteiger partial charge >= 0.3 is 12.4 Å². The number of hydrogen-bond donors (Lipinski definition) is 1. The maximum absolute atomic E-state index is 13.3. The molecule has 2 aromatic carbocycles. The summed E-state index contributed by atoms with van der Waals surface area (Å²) in [6, 6.07) is 10.6. The highest BCUT2D eigenvalue weighted by atomic mass is 32.1. The summed E-state index contributed by atoms with van der Waals surface area (Å²) in [5.74, 6) is 0.964. The van der Waals surface area contributed by atoms with Crippen molar-refractivity contribution in [3.05, 3.63) is 82.4 Å². The fourth-order valence-electron chi connectivity index (χ4n) is 4.39. The number of hydrogen-bond acceptors (Lipinski definition) is 5. The molecule has 2 atom stereocenters. The number of ether oxygens (including phenoxy) is 1. The number of halogens is 6. The van der Waals surface area contributed by atoms with Crippen LogP contribution >= 0.6 is 12.2 Å². The van der Waals surface area contributed by atoms with Crippen LogP contribution in [0.5, 0.6) is 0 Å². The second kappa shape index (κ2) is 10.7. The molecule has 0 spiro atoms. The number of likely N-dealkylation sites (tertiary alicyclic amines) is 1. The van der Waals surface area contributed by atoms with E-state index in [9.17, 15) is 26.3 Å². The zero-order valence-electron chi connectivity index (χ0n) is 18.8. The van der Waals surface area contributed by atoms with Crippen LogP contribution in [0.4, 0.5) is 26.3 Å². The molecule has 3 aromatic rings. The molecule has 36 heavy (non-hydrogen) atoms. The van der Waals surface area contributed by atoms with E-state index in [2.05, 4.69) is 20.1 Å². The summed E-state index contributed by atoms with van der Waals surface area (Å²) in [5.41, 5.74) is -2.00. The molecule has 1 aliphatic heterocycles. The number of piperidine rings is 1. The molecule has 1 N–H and O–H groups in total. The Morgan fingerprint density at radius 1 is 1.03 bits per heavy atom. The largest absolute Gasteiger partial charge is 0.416 e. The molecule has 1 saturated heterocycles. The summed E-state index contributed by atoms with van der Waals surface area (Å²) in [6.45, 7) is 0.679. The van der Waals surface area contributed by atoms with Gasteiger partial charge in [0.2, 0.25) is 0 Å². The van der Waals surface area contributed by atoms with E-state index in [1.807, 2.05) is 30.3 Å².